The van der Waals surface area contributed by atoms with Crippen LogP contribution in [0.15, 0.2) is 54.9 Å². The van der Waals surface area contributed by atoms with Gasteiger partial charge in [-0.25, -0.2) is 4.39 Å². The van der Waals surface area contributed by atoms with Crippen molar-refractivity contribution in [2.24, 2.45) is 0 Å². The van der Waals surface area contributed by atoms with E-state index in [4.69, 9.17) is 14.2 Å². The molecule has 0 fully saturated rings. The van der Waals surface area contributed by atoms with Crippen molar-refractivity contribution < 1.29 is 23.4 Å². The molecule has 1 amide bonds. The van der Waals surface area contributed by atoms with Crippen molar-refractivity contribution in [1.29, 1.82) is 0 Å². The number of aromatic nitrogens is 4. The second kappa shape index (κ2) is 8.57. The highest BCUT2D eigenvalue weighted by Crippen LogP contribution is 2.37. The van der Waals surface area contributed by atoms with Crippen LogP contribution < -0.4 is 19.5 Å². The van der Waals surface area contributed by atoms with Crippen LogP contribution in [0.25, 0.3) is 10.9 Å². The summed E-state index contributed by atoms with van der Waals surface area (Å²) < 4.78 is 31.1. The number of ether oxygens (including phenoxy) is 3. The molecule has 9 nitrogen and oxygen atoms in total. The number of benzene rings is 2. The lowest BCUT2D eigenvalue weighted by Gasteiger charge is -2.13. The number of carbonyl (C=O) groups excluding carboxylic acids is 1. The average molecular weight is 421 g/mol. The van der Waals surface area contributed by atoms with E-state index in [0.717, 1.165) is 6.07 Å². The highest BCUT2D eigenvalue weighted by atomic mass is 19.1. The zero-order valence-corrected chi connectivity index (χ0v) is 16.5. The standard InChI is InChI=1S/C21H16FN5O4/c1-29-19-10-13-16(11-20(19)30-2)23-7-6-17(13)31-18-4-3-12(9-14(18)22)25-21(28)15-5-8-24-27-26-15/h3-11H,1-2H3,(H,25,28). The molecule has 2 aromatic heterocycles. The minimum atomic E-state index is -0.663. The number of methoxy groups -OCH3 is 2. The van der Waals surface area contributed by atoms with Gasteiger partial charge in [0.25, 0.3) is 5.91 Å². The van der Waals surface area contributed by atoms with Crippen LogP contribution in [-0.4, -0.2) is 40.5 Å². The Labute approximate surface area is 175 Å². The summed E-state index contributed by atoms with van der Waals surface area (Å²) in [5, 5.41) is 13.7. The third kappa shape index (κ3) is 4.17. The van der Waals surface area contributed by atoms with Gasteiger partial charge in [-0.2, -0.15) is 0 Å². The summed E-state index contributed by atoms with van der Waals surface area (Å²) in [6.45, 7) is 0. The number of carbonyl (C=O) groups is 1. The lowest BCUT2D eigenvalue weighted by atomic mass is 10.2. The molecule has 0 bridgehead atoms. The molecule has 10 heteroatoms. The summed E-state index contributed by atoms with van der Waals surface area (Å²) >= 11 is 0. The molecule has 0 aliphatic carbocycles. The fourth-order valence-electron chi connectivity index (χ4n) is 2.87. The number of fused-ring (bicyclic) bond motifs is 1. The number of halogens is 1. The van der Waals surface area contributed by atoms with Crippen molar-refractivity contribution >= 4 is 22.5 Å². The van der Waals surface area contributed by atoms with Crippen molar-refractivity contribution in [3.63, 3.8) is 0 Å². The van der Waals surface area contributed by atoms with Crippen LogP contribution in [0, 0.1) is 5.82 Å². The van der Waals surface area contributed by atoms with Crippen LogP contribution in [0.4, 0.5) is 10.1 Å². The Kier molecular flexibility index (Phi) is 5.52. The SMILES string of the molecule is COc1cc2nccc(Oc3ccc(NC(=O)c4ccnnn4)cc3F)c2cc1OC. The van der Waals surface area contributed by atoms with E-state index in [9.17, 15) is 9.18 Å². The van der Waals surface area contributed by atoms with Gasteiger partial charge in [-0.05, 0) is 35.5 Å². The molecule has 0 spiro atoms. The van der Waals surface area contributed by atoms with Crippen LogP contribution in [0.5, 0.6) is 23.0 Å². The molecule has 156 valence electrons. The van der Waals surface area contributed by atoms with Crippen molar-refractivity contribution in [1.82, 2.24) is 20.4 Å². The first-order valence-corrected chi connectivity index (χ1v) is 9.03. The van der Waals surface area contributed by atoms with Gasteiger partial charge in [0.05, 0.1) is 25.9 Å². The number of hydrogen-bond donors (Lipinski definition) is 1. The predicted molar refractivity (Wildman–Crippen MR) is 109 cm³/mol. The highest BCUT2D eigenvalue weighted by Gasteiger charge is 2.14. The Bertz CT molecular complexity index is 1250. The van der Waals surface area contributed by atoms with Gasteiger partial charge in [-0.15, -0.1) is 10.2 Å². The van der Waals surface area contributed by atoms with Gasteiger partial charge < -0.3 is 19.5 Å². The molecule has 31 heavy (non-hydrogen) atoms. The van der Waals surface area contributed by atoms with Crippen LogP contribution in [0.1, 0.15) is 10.5 Å². The normalized spacial score (nSPS) is 10.5. The molecule has 0 radical (unpaired) electrons. The summed E-state index contributed by atoms with van der Waals surface area (Å²) in [6, 6.07) is 10.5. The first-order chi connectivity index (χ1) is 15.1. The van der Waals surface area contributed by atoms with E-state index < -0.39 is 11.7 Å². The van der Waals surface area contributed by atoms with Crippen molar-refractivity contribution in [3.05, 3.63) is 66.4 Å². The lowest BCUT2D eigenvalue weighted by molar-refractivity contribution is 0.102. The number of nitrogens with zero attached hydrogens (tertiary/aromatic N) is 4. The maximum Gasteiger partial charge on any atom is 0.276 e. The average Bonchev–Trinajstić information content (AvgIpc) is 2.80. The molecule has 0 saturated carbocycles. The molecule has 0 saturated heterocycles. The summed E-state index contributed by atoms with van der Waals surface area (Å²) in [5.74, 6) is 0.168. The molecule has 0 atom stereocenters. The van der Waals surface area contributed by atoms with E-state index in [0.29, 0.717) is 28.2 Å². The van der Waals surface area contributed by atoms with Crippen molar-refractivity contribution in [3.8, 4) is 23.0 Å². The number of rotatable bonds is 6. The molecule has 1 N–H and O–H groups in total. The highest BCUT2D eigenvalue weighted by molar-refractivity contribution is 6.02. The molecular formula is C21H16FN5O4. The van der Waals surface area contributed by atoms with E-state index in [1.165, 1.54) is 38.6 Å². The molecule has 0 unspecified atom stereocenters. The van der Waals surface area contributed by atoms with Gasteiger partial charge >= 0.3 is 0 Å². The lowest BCUT2D eigenvalue weighted by Crippen LogP contribution is -2.14. The van der Waals surface area contributed by atoms with Crippen LogP contribution >= 0.6 is 0 Å². The van der Waals surface area contributed by atoms with Gasteiger partial charge in [0, 0.05) is 29.4 Å². The fraction of sp³-hybridized carbons (Fsp3) is 0.0952. The summed E-state index contributed by atoms with van der Waals surface area (Å²) in [4.78, 5) is 16.4. The minimum absolute atomic E-state index is 0.0241. The maximum absolute atomic E-state index is 14.7. The van der Waals surface area contributed by atoms with Gasteiger partial charge in [0.2, 0.25) is 0 Å². The first-order valence-electron chi connectivity index (χ1n) is 9.03. The van der Waals surface area contributed by atoms with Crippen LogP contribution in [0.2, 0.25) is 0 Å². The number of nitrogens with one attached hydrogen (secondary N) is 1. The predicted octanol–water partition coefficient (Wildman–Crippen LogP) is 3.62. The van der Waals surface area contributed by atoms with E-state index in [2.05, 4.69) is 25.7 Å². The van der Waals surface area contributed by atoms with Gasteiger partial charge in [-0.3, -0.25) is 9.78 Å². The van der Waals surface area contributed by atoms with Crippen molar-refractivity contribution in [2.75, 3.05) is 19.5 Å². The Hall–Kier alpha value is -4.34. The largest absolute Gasteiger partial charge is 0.493 e. The van der Waals surface area contributed by atoms with E-state index in [-0.39, 0.29) is 17.1 Å². The molecule has 0 aliphatic rings. The Balaban J connectivity index is 1.60. The second-order valence-corrected chi connectivity index (χ2v) is 6.24. The summed E-state index contributed by atoms with van der Waals surface area (Å²) in [5.41, 5.74) is 0.890. The third-order valence-electron chi connectivity index (χ3n) is 4.35. The third-order valence-corrected chi connectivity index (χ3v) is 4.35. The van der Waals surface area contributed by atoms with E-state index in [1.807, 2.05) is 0 Å². The zero-order valence-electron chi connectivity index (χ0n) is 16.5. The quantitative estimate of drug-likeness (QED) is 0.503. The van der Waals surface area contributed by atoms with Gasteiger partial charge in [0.15, 0.2) is 28.8 Å². The number of anilines is 1. The number of hydrogen-bond acceptors (Lipinski definition) is 8. The molecule has 2 aromatic carbocycles. The van der Waals surface area contributed by atoms with Crippen molar-refractivity contribution in [2.45, 2.75) is 0 Å². The maximum atomic E-state index is 14.7. The topological polar surface area (TPSA) is 108 Å². The summed E-state index contributed by atoms with van der Waals surface area (Å²) in [7, 11) is 3.05. The smallest absolute Gasteiger partial charge is 0.276 e. The Morgan fingerprint density at radius 2 is 1.74 bits per heavy atom. The molecule has 4 rings (SSSR count). The molecule has 2 heterocycles. The van der Waals surface area contributed by atoms with Gasteiger partial charge in [-0.1, -0.05) is 0 Å². The second-order valence-electron chi connectivity index (χ2n) is 6.24. The molecule has 4 aromatic rings. The first kappa shape index (κ1) is 20.0. The van der Waals surface area contributed by atoms with E-state index >= 15 is 0 Å². The molecule has 0 aliphatic heterocycles. The molecular weight excluding hydrogens is 405 g/mol. The van der Waals surface area contributed by atoms with E-state index in [1.54, 1.807) is 24.4 Å². The number of amides is 1. The van der Waals surface area contributed by atoms with Crippen LogP contribution in [-0.2, 0) is 0 Å². The Morgan fingerprint density at radius 1 is 0.935 bits per heavy atom. The fourth-order valence-corrected chi connectivity index (χ4v) is 2.87. The monoisotopic (exact) mass is 421 g/mol. The number of pyridine rings is 1. The summed E-state index contributed by atoms with van der Waals surface area (Å²) in [6.07, 6.45) is 2.88. The Morgan fingerprint density at radius 3 is 2.45 bits per heavy atom. The van der Waals surface area contributed by atoms with Crippen LogP contribution in [0.3, 0.4) is 0 Å². The zero-order chi connectivity index (χ0) is 21.8. The van der Waals surface area contributed by atoms with Gasteiger partial charge in [0.1, 0.15) is 5.75 Å². The minimum Gasteiger partial charge on any atom is -0.493 e.